The Labute approximate surface area is 187 Å². The van der Waals surface area contributed by atoms with Crippen LogP contribution >= 0.6 is 0 Å². The third kappa shape index (κ3) is 4.40. The molecule has 1 amide bonds. The maximum Gasteiger partial charge on any atom is 0.416 e. The van der Waals surface area contributed by atoms with E-state index in [9.17, 15) is 13.2 Å². The monoisotopic (exact) mass is 454 g/mol. The zero-order valence-electron chi connectivity index (χ0n) is 18.1. The molecule has 1 fully saturated rings. The molecule has 4 heterocycles. The number of carbonyl (C=O) groups is 1. The lowest BCUT2D eigenvalue weighted by Crippen LogP contribution is -2.38. The second kappa shape index (κ2) is 8.08. The molecule has 1 saturated heterocycles. The van der Waals surface area contributed by atoms with Crippen molar-refractivity contribution < 1.29 is 17.9 Å². The van der Waals surface area contributed by atoms with Crippen molar-refractivity contribution in [3.8, 4) is 0 Å². The van der Waals surface area contributed by atoms with Gasteiger partial charge in [0.25, 0.3) is 0 Å². The third-order valence-corrected chi connectivity index (χ3v) is 6.62. The van der Waals surface area contributed by atoms with Gasteiger partial charge in [0.15, 0.2) is 5.65 Å². The molecule has 0 aromatic carbocycles. The van der Waals surface area contributed by atoms with Crippen molar-refractivity contribution >= 4 is 46.7 Å². The summed E-state index contributed by atoms with van der Waals surface area (Å²) >= 11 is 0. The molecule has 3 aromatic rings. The minimum atomic E-state index is -3.50. The number of sulfonamides is 1. The van der Waals surface area contributed by atoms with Crippen LogP contribution in [-0.2, 0) is 21.3 Å². The van der Waals surface area contributed by atoms with Gasteiger partial charge in [-0.3, -0.25) is 14.2 Å². The molecule has 0 N–H and O–H groups in total. The molecule has 0 aliphatic carbocycles. The van der Waals surface area contributed by atoms with E-state index >= 15 is 0 Å². The predicted octanol–water partition coefficient (Wildman–Crippen LogP) is 1.40. The van der Waals surface area contributed by atoms with Crippen LogP contribution in [0.5, 0.6) is 0 Å². The van der Waals surface area contributed by atoms with E-state index < -0.39 is 21.7 Å². The molecule has 12 heteroatoms. The average Bonchev–Trinajstić information content (AvgIpc) is 3.26. The van der Waals surface area contributed by atoms with Crippen molar-refractivity contribution in [3.05, 3.63) is 42.4 Å². The van der Waals surface area contributed by atoms with Gasteiger partial charge in [-0.15, -0.1) is 0 Å². The summed E-state index contributed by atoms with van der Waals surface area (Å²) in [5.74, 6) is 0.494. The number of anilines is 2. The molecule has 2 radical (unpaired) electrons. The fourth-order valence-corrected chi connectivity index (χ4v) is 4.90. The summed E-state index contributed by atoms with van der Waals surface area (Å²) in [6.07, 6.45) is 4.55. The van der Waals surface area contributed by atoms with Crippen LogP contribution in [0.1, 0.15) is 32.8 Å². The molecule has 0 unspecified atom stereocenters. The van der Waals surface area contributed by atoms with Crippen LogP contribution in [0.3, 0.4) is 0 Å². The van der Waals surface area contributed by atoms with E-state index in [1.54, 1.807) is 39.2 Å². The van der Waals surface area contributed by atoms with Crippen LogP contribution in [0.25, 0.3) is 5.65 Å². The van der Waals surface area contributed by atoms with Crippen molar-refractivity contribution in [1.29, 1.82) is 0 Å². The van der Waals surface area contributed by atoms with Gasteiger partial charge in [0.2, 0.25) is 10.0 Å². The van der Waals surface area contributed by atoms with Gasteiger partial charge in [-0.25, -0.2) is 18.2 Å². The third-order valence-electron chi connectivity index (χ3n) is 4.78. The highest BCUT2D eigenvalue weighted by atomic mass is 32.2. The smallest absolute Gasteiger partial charge is 0.416 e. The number of carbonyl (C=O) groups excluding carboxylic acids is 1. The Hall–Kier alpha value is -3.15. The van der Waals surface area contributed by atoms with Gasteiger partial charge in [-0.05, 0) is 44.3 Å². The molecule has 0 saturated carbocycles. The average molecular weight is 454 g/mol. The summed E-state index contributed by atoms with van der Waals surface area (Å²) in [4.78, 5) is 23.1. The van der Waals surface area contributed by atoms with Crippen LogP contribution in [0, 0.1) is 0 Å². The van der Waals surface area contributed by atoms with Gasteiger partial charge in [-0.1, -0.05) is 6.07 Å². The molecule has 32 heavy (non-hydrogen) atoms. The Morgan fingerprint density at radius 3 is 2.72 bits per heavy atom. The molecule has 1 aliphatic heterocycles. The number of ether oxygens (including phenoxy) is 1. The van der Waals surface area contributed by atoms with Gasteiger partial charge in [0, 0.05) is 31.2 Å². The molecular weight excluding hydrogens is 431 g/mol. The number of aromatic nitrogens is 4. The zero-order chi connectivity index (χ0) is 23.1. The molecule has 0 spiro atoms. The SMILES string of the molecule is [B]c1cnn2c(N(Cc3cccnc3)C(=O)OC(C)(C)C)cc(N3CCCS3(=O)=O)nc12. The number of nitrogens with zero attached hydrogens (tertiary/aromatic N) is 6. The van der Waals surface area contributed by atoms with Crippen molar-refractivity contribution in [2.24, 2.45) is 0 Å². The normalized spacial score (nSPS) is 15.8. The summed E-state index contributed by atoms with van der Waals surface area (Å²) in [7, 11) is 2.55. The van der Waals surface area contributed by atoms with E-state index in [0.717, 1.165) is 5.56 Å². The largest absolute Gasteiger partial charge is 0.443 e. The highest BCUT2D eigenvalue weighted by molar-refractivity contribution is 7.93. The van der Waals surface area contributed by atoms with Crippen molar-refractivity contribution in [2.45, 2.75) is 39.3 Å². The van der Waals surface area contributed by atoms with E-state index in [1.807, 2.05) is 6.07 Å². The maximum absolute atomic E-state index is 13.2. The Bertz CT molecular complexity index is 1260. The lowest BCUT2D eigenvalue weighted by molar-refractivity contribution is 0.0575. The summed E-state index contributed by atoms with van der Waals surface area (Å²) < 4.78 is 33.3. The van der Waals surface area contributed by atoms with Gasteiger partial charge in [-0.2, -0.15) is 9.61 Å². The molecule has 4 rings (SSSR count). The highest BCUT2D eigenvalue weighted by Gasteiger charge is 2.32. The van der Waals surface area contributed by atoms with Crippen LogP contribution in [0.2, 0.25) is 0 Å². The summed E-state index contributed by atoms with van der Waals surface area (Å²) in [5.41, 5.74) is 0.508. The highest BCUT2D eigenvalue weighted by Crippen LogP contribution is 2.29. The Morgan fingerprint density at radius 1 is 1.31 bits per heavy atom. The van der Waals surface area contributed by atoms with Crippen LogP contribution < -0.4 is 14.7 Å². The van der Waals surface area contributed by atoms with E-state index in [-0.39, 0.29) is 35.0 Å². The number of hydrogen-bond acceptors (Lipinski definition) is 7. The first-order chi connectivity index (χ1) is 15.0. The Balaban J connectivity index is 1.88. The number of rotatable bonds is 4. The summed E-state index contributed by atoms with van der Waals surface area (Å²) in [6.45, 7) is 5.72. The predicted molar refractivity (Wildman–Crippen MR) is 121 cm³/mol. The number of amides is 1. The zero-order valence-corrected chi connectivity index (χ0v) is 18.9. The van der Waals surface area contributed by atoms with Gasteiger partial charge in [0.05, 0.1) is 12.3 Å². The molecule has 3 aromatic heterocycles. The summed E-state index contributed by atoms with van der Waals surface area (Å²) in [5, 5.41) is 4.26. The van der Waals surface area contributed by atoms with E-state index in [0.29, 0.717) is 13.0 Å². The molecule has 0 bridgehead atoms. The minimum absolute atomic E-state index is 0.0371. The van der Waals surface area contributed by atoms with Crippen molar-refractivity contribution in [1.82, 2.24) is 19.6 Å². The standard InChI is InChI=1S/C20H23BN6O4S/c1-20(2,3)31-19(28)25(13-14-6-4-7-22-11-14)17-10-16(26-8-5-9-32(26,29)30)24-18-15(21)12-23-27(17)18/h4,6-7,10-12H,5,8-9,13H2,1-3H3. The van der Waals surface area contributed by atoms with Gasteiger partial charge in [0.1, 0.15) is 25.1 Å². The number of fused-ring (bicyclic) bond motifs is 1. The van der Waals surface area contributed by atoms with Crippen LogP contribution in [0.15, 0.2) is 36.8 Å². The molecule has 166 valence electrons. The van der Waals surface area contributed by atoms with Gasteiger partial charge >= 0.3 is 6.09 Å². The molecule has 10 nitrogen and oxygen atoms in total. The van der Waals surface area contributed by atoms with Gasteiger partial charge < -0.3 is 4.74 Å². The van der Waals surface area contributed by atoms with Crippen LogP contribution in [-0.4, -0.2) is 59.8 Å². The molecule has 1 aliphatic rings. The first-order valence-corrected chi connectivity index (χ1v) is 11.7. The van der Waals surface area contributed by atoms with E-state index in [4.69, 9.17) is 12.6 Å². The maximum atomic E-state index is 13.2. The topological polar surface area (TPSA) is 110 Å². The van der Waals surface area contributed by atoms with E-state index in [2.05, 4.69) is 15.1 Å². The molecular formula is C20H23BN6O4S. The van der Waals surface area contributed by atoms with Crippen molar-refractivity contribution in [2.75, 3.05) is 21.5 Å². The van der Waals surface area contributed by atoms with Crippen molar-refractivity contribution in [3.63, 3.8) is 0 Å². The fraction of sp³-hybridized carbons (Fsp3) is 0.400. The second-order valence-electron chi connectivity index (χ2n) is 8.48. The minimum Gasteiger partial charge on any atom is -0.443 e. The quantitative estimate of drug-likeness (QED) is 0.548. The fourth-order valence-electron chi connectivity index (χ4n) is 3.40. The van der Waals surface area contributed by atoms with E-state index in [1.165, 1.54) is 26.0 Å². The van der Waals surface area contributed by atoms with Crippen LogP contribution in [0.4, 0.5) is 16.4 Å². The Kier molecular flexibility index (Phi) is 5.57. The number of hydrogen-bond donors (Lipinski definition) is 0. The number of pyridine rings is 1. The molecule has 0 atom stereocenters. The lowest BCUT2D eigenvalue weighted by Gasteiger charge is -2.28. The second-order valence-corrected chi connectivity index (χ2v) is 10.5. The summed E-state index contributed by atoms with van der Waals surface area (Å²) in [6, 6.07) is 5.10. The first kappa shape index (κ1) is 22.1. The Morgan fingerprint density at radius 2 is 2.09 bits per heavy atom. The lowest BCUT2D eigenvalue weighted by atomic mass is 10.0. The first-order valence-electron chi connectivity index (χ1n) is 10.1.